The molecule has 0 bridgehead atoms. The summed E-state index contributed by atoms with van der Waals surface area (Å²) >= 11 is 0. The number of alkyl carbamates (subject to hydrolysis) is 1. The van der Waals surface area contributed by atoms with Crippen molar-refractivity contribution in [3.8, 4) is 22.8 Å². The number of hydrogen-bond donors (Lipinski definition) is 5. The van der Waals surface area contributed by atoms with Crippen LogP contribution in [-0.2, 0) is 9.53 Å². The molecule has 1 aliphatic heterocycles. The van der Waals surface area contributed by atoms with Crippen molar-refractivity contribution in [3.05, 3.63) is 48.3 Å². The summed E-state index contributed by atoms with van der Waals surface area (Å²) in [4.78, 5) is 23.1. The normalized spacial score (nSPS) is 11.0. The van der Waals surface area contributed by atoms with Gasteiger partial charge < -0.3 is 30.2 Å². The monoisotopic (exact) mass is 603 g/mol. The Bertz CT molecular complexity index is 1410. The largest absolute Gasteiger partial charge is 0.493 e. The molecule has 2 amide bonds. The lowest BCUT2D eigenvalue weighted by Gasteiger charge is -2.11. The first-order valence-corrected chi connectivity index (χ1v) is 15.7. The number of carbonyl (C=O) groups excluding carboxylic acids is 2. The molecule has 2 aromatic carbocycles. The van der Waals surface area contributed by atoms with Crippen LogP contribution in [0.5, 0.6) is 11.5 Å². The zero-order valence-corrected chi connectivity index (χ0v) is 24.6. The Balaban J connectivity index is 1.19. The third-order valence-corrected chi connectivity index (χ3v) is 8.49. The Morgan fingerprint density at radius 1 is 0.951 bits per heavy atom. The fraction of sp³-hybridized carbons (Fsp3) is 0.357. The number of unbranched alkanes of at least 4 members (excludes halogenated alkanes) is 1. The van der Waals surface area contributed by atoms with Crippen LogP contribution in [0.4, 0.5) is 20.7 Å². The van der Waals surface area contributed by atoms with Crippen LogP contribution in [-0.4, -0.2) is 67.6 Å². The average molecular weight is 604 g/mol. The zero-order chi connectivity index (χ0) is 29.0. The van der Waals surface area contributed by atoms with Gasteiger partial charge in [-0.05, 0) is 61.0 Å². The van der Waals surface area contributed by atoms with E-state index < -0.39 is 6.09 Å². The van der Waals surface area contributed by atoms with Crippen LogP contribution < -0.4 is 25.4 Å². The van der Waals surface area contributed by atoms with E-state index in [1.807, 2.05) is 18.2 Å². The highest BCUT2D eigenvalue weighted by Crippen LogP contribution is 2.43. The van der Waals surface area contributed by atoms with Gasteiger partial charge in [0.05, 0.1) is 32.3 Å². The van der Waals surface area contributed by atoms with E-state index in [9.17, 15) is 14.0 Å². The van der Waals surface area contributed by atoms with E-state index in [4.69, 9.17) is 9.47 Å². The number of H-pyrrole nitrogens is 2. The maximum atomic E-state index is 13.6. The van der Waals surface area contributed by atoms with Crippen molar-refractivity contribution >= 4 is 55.9 Å². The summed E-state index contributed by atoms with van der Waals surface area (Å²) < 4.78 is 29.7. The highest BCUT2D eigenvalue weighted by Gasteiger charge is 2.20. The number of halogens is 1. The van der Waals surface area contributed by atoms with Gasteiger partial charge in [0.15, 0.2) is 11.5 Å². The summed E-state index contributed by atoms with van der Waals surface area (Å²) in [5, 5.41) is 17.0. The Hall–Kier alpha value is -3.71. The second-order valence-electron chi connectivity index (χ2n) is 9.05. The number of amides is 2. The highest BCUT2D eigenvalue weighted by atomic mass is 33.1. The topological polar surface area (TPSA) is 129 Å². The van der Waals surface area contributed by atoms with E-state index in [0.29, 0.717) is 49.1 Å². The van der Waals surface area contributed by atoms with Gasteiger partial charge in [0.25, 0.3) is 0 Å². The van der Waals surface area contributed by atoms with Crippen molar-refractivity contribution < 1.29 is 28.2 Å². The molecule has 0 saturated carbocycles. The van der Waals surface area contributed by atoms with Gasteiger partial charge in [0, 0.05) is 35.5 Å². The van der Waals surface area contributed by atoms with Crippen molar-refractivity contribution in [2.45, 2.75) is 19.3 Å². The number of anilines is 2. The zero-order valence-electron chi connectivity index (χ0n) is 22.9. The summed E-state index contributed by atoms with van der Waals surface area (Å²) in [6, 6.07) is 12.2. The number of aromatic nitrogens is 2. The third kappa shape index (κ3) is 8.64. The number of rotatable bonds is 16. The van der Waals surface area contributed by atoms with E-state index in [2.05, 4.69) is 30.9 Å². The number of benzene rings is 2. The van der Waals surface area contributed by atoms with Gasteiger partial charge in [-0.2, -0.15) is 0 Å². The number of hydrogen-bond acceptors (Lipinski definition) is 8. The average Bonchev–Trinajstić information content (AvgIpc) is 3.52. The van der Waals surface area contributed by atoms with Crippen molar-refractivity contribution in [2.24, 2.45) is 0 Å². The molecule has 1 heterocycles. The van der Waals surface area contributed by atoms with Crippen LogP contribution >= 0.6 is 21.6 Å². The molecule has 0 aromatic heterocycles. The molecule has 0 spiro atoms. The van der Waals surface area contributed by atoms with Gasteiger partial charge in [-0.15, -0.1) is 0 Å². The maximum Gasteiger partial charge on any atom is 0.406 e. The standard InChI is InChI=1S/C28H34FN5O5S2/c1-37-23-16-21-18(13-22-26(21)33-34-27(22)32-20-8-5-7-19(29)15-20)14-24(23)39-11-6-10-30-25(35)17-41-40-12-4-3-9-31-28(36)38-2/h5,7-8,13-16,32-34H,3-4,6,9-12,17H2,1-2H3,(H,30,35)(H,31,36). The first kappa shape index (κ1) is 30.3. The minimum atomic E-state index is -0.417. The smallest absolute Gasteiger partial charge is 0.406 e. The Morgan fingerprint density at radius 2 is 1.80 bits per heavy atom. The summed E-state index contributed by atoms with van der Waals surface area (Å²) in [7, 11) is 6.11. The third-order valence-electron chi connectivity index (χ3n) is 6.13. The molecule has 1 aliphatic carbocycles. The summed E-state index contributed by atoms with van der Waals surface area (Å²) in [5.74, 6) is 2.92. The highest BCUT2D eigenvalue weighted by molar-refractivity contribution is 8.76. The number of ether oxygens (including phenoxy) is 3. The molecule has 2 aliphatic rings. The molecule has 10 nitrogen and oxygen atoms in total. The van der Waals surface area contributed by atoms with Gasteiger partial charge in [0.2, 0.25) is 5.91 Å². The predicted octanol–water partition coefficient (Wildman–Crippen LogP) is 5.89. The number of methoxy groups -OCH3 is 2. The van der Waals surface area contributed by atoms with Gasteiger partial charge in [-0.25, -0.2) is 9.18 Å². The van der Waals surface area contributed by atoms with E-state index in [1.54, 1.807) is 30.0 Å². The maximum absolute atomic E-state index is 13.6. The van der Waals surface area contributed by atoms with E-state index in [1.165, 1.54) is 30.0 Å². The molecular formula is C28H34FN5O5S2. The van der Waals surface area contributed by atoms with Gasteiger partial charge in [-0.1, -0.05) is 27.7 Å². The molecule has 41 heavy (non-hydrogen) atoms. The van der Waals surface area contributed by atoms with Gasteiger partial charge in [0.1, 0.15) is 11.6 Å². The van der Waals surface area contributed by atoms with Crippen molar-refractivity contribution in [1.82, 2.24) is 20.8 Å². The SMILES string of the molecule is COC(=O)NCCCCSSCC(=O)NCCCOc1cc2cc3c(Nc4cccc(F)c4)[nH][nH]c-3c2cc1OC. The molecule has 0 unspecified atom stereocenters. The summed E-state index contributed by atoms with van der Waals surface area (Å²) in [6.07, 6.45) is 2.04. The van der Waals surface area contributed by atoms with E-state index in [0.717, 1.165) is 46.4 Å². The number of fused-ring (bicyclic) bond motifs is 3. The molecule has 4 rings (SSSR count). The molecule has 220 valence electrons. The number of aromatic amines is 2. The van der Waals surface area contributed by atoms with Gasteiger partial charge >= 0.3 is 6.09 Å². The lowest BCUT2D eigenvalue weighted by Crippen LogP contribution is -2.27. The van der Waals surface area contributed by atoms with Crippen molar-refractivity contribution in [1.29, 1.82) is 0 Å². The van der Waals surface area contributed by atoms with E-state index in [-0.39, 0.29) is 11.7 Å². The Morgan fingerprint density at radius 3 is 2.61 bits per heavy atom. The van der Waals surface area contributed by atoms with Crippen molar-refractivity contribution in [3.63, 3.8) is 0 Å². The summed E-state index contributed by atoms with van der Waals surface area (Å²) in [5.41, 5.74) is 2.47. The molecule has 5 N–H and O–H groups in total. The van der Waals surface area contributed by atoms with Crippen molar-refractivity contribution in [2.75, 3.05) is 50.7 Å². The van der Waals surface area contributed by atoms with Crippen LogP contribution in [0.25, 0.3) is 22.0 Å². The minimum absolute atomic E-state index is 0.0137. The summed E-state index contributed by atoms with van der Waals surface area (Å²) in [6.45, 7) is 1.51. The Labute approximate surface area is 245 Å². The quantitative estimate of drug-likeness (QED) is 0.0792. The molecule has 2 aromatic rings. The Kier molecular flexibility index (Phi) is 11.3. The molecule has 0 saturated heterocycles. The van der Waals surface area contributed by atoms with Crippen LogP contribution in [0.15, 0.2) is 42.5 Å². The molecule has 13 heteroatoms. The van der Waals surface area contributed by atoms with Gasteiger partial charge in [-0.3, -0.25) is 15.0 Å². The first-order valence-electron chi connectivity index (χ1n) is 13.2. The van der Waals surface area contributed by atoms with Crippen LogP contribution in [0.2, 0.25) is 0 Å². The second-order valence-corrected chi connectivity index (χ2v) is 11.6. The number of carbonyl (C=O) groups is 2. The second kappa shape index (κ2) is 15.3. The van der Waals surface area contributed by atoms with E-state index >= 15 is 0 Å². The van der Waals surface area contributed by atoms with Crippen LogP contribution in [0.3, 0.4) is 0 Å². The minimum Gasteiger partial charge on any atom is -0.493 e. The fourth-order valence-electron chi connectivity index (χ4n) is 4.13. The lowest BCUT2D eigenvalue weighted by molar-refractivity contribution is -0.118. The predicted molar refractivity (Wildman–Crippen MR) is 163 cm³/mol. The number of nitrogens with one attached hydrogen (secondary N) is 5. The lowest BCUT2D eigenvalue weighted by atomic mass is 10.2. The molecule has 0 fully saturated rings. The fourth-order valence-corrected chi connectivity index (χ4v) is 6.14. The van der Waals surface area contributed by atoms with Crippen LogP contribution in [0.1, 0.15) is 19.3 Å². The first-order chi connectivity index (χ1) is 20.0. The van der Waals surface area contributed by atoms with Crippen LogP contribution in [0, 0.1) is 5.82 Å². The molecule has 0 atom stereocenters. The molecular weight excluding hydrogens is 569 g/mol. The molecule has 0 radical (unpaired) electrons.